The number of anilines is 1. The van der Waals surface area contributed by atoms with Crippen LogP contribution in [0.15, 0.2) is 72.8 Å². The maximum absolute atomic E-state index is 14.0. The second-order valence-electron chi connectivity index (χ2n) is 8.84. The summed E-state index contributed by atoms with van der Waals surface area (Å²) in [7, 11) is -2.41. The number of benzene rings is 3. The molecular formula is C28H31Cl2N3O5S. The molecule has 0 spiro atoms. The van der Waals surface area contributed by atoms with Crippen LogP contribution in [0.3, 0.4) is 0 Å². The van der Waals surface area contributed by atoms with E-state index in [-0.39, 0.29) is 24.6 Å². The summed E-state index contributed by atoms with van der Waals surface area (Å²) in [6.45, 7) is 1.62. The summed E-state index contributed by atoms with van der Waals surface area (Å²) in [5.41, 5.74) is 1.73. The zero-order valence-electron chi connectivity index (χ0n) is 21.9. The monoisotopic (exact) mass is 591 g/mol. The second-order valence-corrected chi connectivity index (χ2v) is 11.6. The van der Waals surface area contributed by atoms with Crippen molar-refractivity contribution in [3.8, 4) is 5.75 Å². The highest BCUT2D eigenvalue weighted by Gasteiger charge is 2.33. The van der Waals surface area contributed by atoms with E-state index in [0.29, 0.717) is 27.9 Å². The SMILES string of the molecule is CCNC(=O)[C@@H](Cc1ccccc1)N(Cc1ccc(Cl)c(Cl)c1)C(=O)CN(c1cccc(OC)c1)S(C)(=O)=O. The maximum Gasteiger partial charge on any atom is 0.244 e. The number of amides is 2. The fraction of sp³-hybridized carbons (Fsp3) is 0.286. The second kappa shape index (κ2) is 13.7. The summed E-state index contributed by atoms with van der Waals surface area (Å²) >= 11 is 12.3. The normalized spacial score (nSPS) is 11.9. The highest BCUT2D eigenvalue weighted by Crippen LogP contribution is 2.26. The van der Waals surface area contributed by atoms with E-state index >= 15 is 0 Å². The van der Waals surface area contributed by atoms with Gasteiger partial charge in [-0.1, -0.05) is 65.7 Å². The van der Waals surface area contributed by atoms with E-state index in [1.165, 1.54) is 18.1 Å². The van der Waals surface area contributed by atoms with Gasteiger partial charge < -0.3 is 15.0 Å². The third kappa shape index (κ3) is 8.36. The third-order valence-electron chi connectivity index (χ3n) is 5.98. The molecule has 0 radical (unpaired) electrons. The molecular weight excluding hydrogens is 561 g/mol. The number of nitrogens with zero attached hydrogens (tertiary/aromatic N) is 2. The first-order valence-electron chi connectivity index (χ1n) is 12.2. The maximum atomic E-state index is 14.0. The van der Waals surface area contributed by atoms with Gasteiger partial charge in [-0.3, -0.25) is 13.9 Å². The molecule has 39 heavy (non-hydrogen) atoms. The number of rotatable bonds is 12. The van der Waals surface area contributed by atoms with Crippen LogP contribution < -0.4 is 14.4 Å². The number of hydrogen-bond acceptors (Lipinski definition) is 5. The number of nitrogens with one attached hydrogen (secondary N) is 1. The average molecular weight is 593 g/mol. The molecule has 1 N–H and O–H groups in total. The predicted octanol–water partition coefficient (Wildman–Crippen LogP) is 4.54. The summed E-state index contributed by atoms with van der Waals surface area (Å²) in [4.78, 5) is 28.7. The Hall–Kier alpha value is -3.27. The Morgan fingerprint density at radius 3 is 2.28 bits per heavy atom. The number of carbonyl (C=O) groups excluding carboxylic acids is 2. The molecule has 0 aliphatic carbocycles. The fourth-order valence-corrected chi connectivity index (χ4v) is 5.22. The molecule has 0 saturated carbocycles. The summed E-state index contributed by atoms with van der Waals surface area (Å²) in [6, 6.07) is 19.7. The summed E-state index contributed by atoms with van der Waals surface area (Å²) in [5.74, 6) is -0.492. The number of carbonyl (C=O) groups is 2. The van der Waals surface area contributed by atoms with E-state index < -0.39 is 28.5 Å². The van der Waals surface area contributed by atoms with Gasteiger partial charge in [-0.15, -0.1) is 0 Å². The van der Waals surface area contributed by atoms with Crippen LogP contribution >= 0.6 is 23.2 Å². The van der Waals surface area contributed by atoms with Gasteiger partial charge in [0.05, 0.1) is 29.1 Å². The molecule has 0 aliphatic heterocycles. The quantitative estimate of drug-likeness (QED) is 0.333. The van der Waals surface area contributed by atoms with Crippen molar-refractivity contribution in [1.82, 2.24) is 10.2 Å². The van der Waals surface area contributed by atoms with Gasteiger partial charge >= 0.3 is 0 Å². The lowest BCUT2D eigenvalue weighted by Crippen LogP contribution is -2.53. The van der Waals surface area contributed by atoms with Gasteiger partial charge in [0.2, 0.25) is 21.8 Å². The molecule has 0 bridgehead atoms. The Morgan fingerprint density at radius 2 is 1.67 bits per heavy atom. The number of likely N-dealkylation sites (N-methyl/N-ethyl adjacent to an activating group) is 1. The Balaban J connectivity index is 2.06. The molecule has 0 aliphatic rings. The molecule has 11 heteroatoms. The molecule has 208 valence electrons. The number of sulfonamides is 1. The van der Waals surface area contributed by atoms with Gasteiger partial charge in [0, 0.05) is 25.6 Å². The first kappa shape index (κ1) is 30.3. The van der Waals surface area contributed by atoms with Crippen molar-refractivity contribution >= 4 is 50.7 Å². The van der Waals surface area contributed by atoms with E-state index in [2.05, 4.69) is 5.32 Å². The van der Waals surface area contributed by atoms with E-state index in [1.807, 2.05) is 30.3 Å². The molecule has 8 nitrogen and oxygen atoms in total. The van der Waals surface area contributed by atoms with Crippen LogP contribution in [0.5, 0.6) is 5.75 Å². The van der Waals surface area contributed by atoms with Crippen LogP contribution in [0.25, 0.3) is 0 Å². The lowest BCUT2D eigenvalue weighted by atomic mass is 10.0. The minimum absolute atomic E-state index is 0.0000689. The van der Waals surface area contributed by atoms with Gasteiger partial charge in [-0.2, -0.15) is 0 Å². The van der Waals surface area contributed by atoms with Crippen molar-refractivity contribution in [2.75, 3.05) is 30.8 Å². The predicted molar refractivity (Wildman–Crippen MR) is 155 cm³/mol. The first-order valence-corrected chi connectivity index (χ1v) is 14.8. The summed E-state index contributed by atoms with van der Waals surface area (Å²) < 4.78 is 31.9. The Morgan fingerprint density at radius 1 is 0.949 bits per heavy atom. The summed E-state index contributed by atoms with van der Waals surface area (Å²) in [6.07, 6.45) is 1.24. The molecule has 3 aromatic carbocycles. The van der Waals surface area contributed by atoms with Crippen LogP contribution in [0.4, 0.5) is 5.69 Å². The van der Waals surface area contributed by atoms with E-state index in [9.17, 15) is 18.0 Å². The van der Waals surface area contributed by atoms with Gasteiger partial charge in [0.1, 0.15) is 18.3 Å². The Kier molecular flexibility index (Phi) is 10.6. The molecule has 0 saturated heterocycles. The van der Waals surface area contributed by atoms with Gasteiger partial charge in [0.15, 0.2) is 0 Å². The lowest BCUT2D eigenvalue weighted by molar-refractivity contribution is -0.140. The van der Waals surface area contributed by atoms with Crippen LogP contribution in [0.1, 0.15) is 18.1 Å². The van der Waals surface area contributed by atoms with E-state index in [0.717, 1.165) is 16.1 Å². The van der Waals surface area contributed by atoms with Gasteiger partial charge in [-0.05, 0) is 42.3 Å². The average Bonchev–Trinajstić information content (AvgIpc) is 2.91. The largest absolute Gasteiger partial charge is 0.497 e. The number of methoxy groups -OCH3 is 1. The van der Waals surface area contributed by atoms with Crippen molar-refractivity contribution in [3.63, 3.8) is 0 Å². The molecule has 0 aromatic heterocycles. The van der Waals surface area contributed by atoms with Gasteiger partial charge in [0.25, 0.3) is 0 Å². The van der Waals surface area contributed by atoms with Crippen LogP contribution in [0.2, 0.25) is 10.0 Å². The lowest BCUT2D eigenvalue weighted by Gasteiger charge is -2.33. The molecule has 3 aromatic rings. The molecule has 2 amide bonds. The highest BCUT2D eigenvalue weighted by molar-refractivity contribution is 7.92. The van der Waals surface area contributed by atoms with E-state index in [4.69, 9.17) is 27.9 Å². The Labute approximate surface area is 239 Å². The van der Waals surface area contributed by atoms with Crippen molar-refractivity contribution < 1.29 is 22.7 Å². The van der Waals surface area contributed by atoms with Crippen molar-refractivity contribution in [1.29, 1.82) is 0 Å². The zero-order chi connectivity index (χ0) is 28.6. The molecule has 0 unspecified atom stereocenters. The van der Waals surface area contributed by atoms with E-state index in [1.54, 1.807) is 43.3 Å². The first-order chi connectivity index (χ1) is 18.5. The standard InChI is InChI=1S/C28H31Cl2N3O5S/c1-4-31-28(35)26(16-20-9-6-5-7-10-20)32(18-21-13-14-24(29)25(30)15-21)27(34)19-33(39(3,36)37)22-11-8-12-23(17-22)38-2/h5-15,17,26H,4,16,18-19H2,1-3H3,(H,31,35)/t26-/m1/s1. The smallest absolute Gasteiger partial charge is 0.244 e. The van der Waals surface area contributed by atoms with Crippen LogP contribution in [-0.2, 0) is 32.6 Å². The third-order valence-corrected chi connectivity index (χ3v) is 7.86. The minimum atomic E-state index is -3.88. The molecule has 0 fully saturated rings. The molecule has 1 atom stereocenters. The van der Waals surface area contributed by atoms with Crippen LogP contribution in [0, 0.1) is 0 Å². The van der Waals surface area contributed by atoms with Gasteiger partial charge in [-0.25, -0.2) is 8.42 Å². The molecule has 0 heterocycles. The highest BCUT2D eigenvalue weighted by atomic mass is 35.5. The summed E-state index contributed by atoms with van der Waals surface area (Å²) in [5, 5.41) is 3.46. The Bertz CT molecular complexity index is 1400. The van der Waals surface area contributed by atoms with Crippen molar-refractivity contribution in [3.05, 3.63) is 94.0 Å². The fourth-order valence-electron chi connectivity index (χ4n) is 4.06. The minimum Gasteiger partial charge on any atom is -0.497 e. The van der Waals surface area contributed by atoms with Crippen molar-refractivity contribution in [2.24, 2.45) is 0 Å². The van der Waals surface area contributed by atoms with Crippen molar-refractivity contribution in [2.45, 2.75) is 25.9 Å². The number of ether oxygens (including phenoxy) is 1. The topological polar surface area (TPSA) is 96.0 Å². The van der Waals surface area contributed by atoms with Crippen LogP contribution in [-0.4, -0.2) is 57.6 Å². The zero-order valence-corrected chi connectivity index (χ0v) is 24.3. The number of halogens is 2. The number of hydrogen-bond donors (Lipinski definition) is 1. The molecule has 3 rings (SSSR count).